The third kappa shape index (κ3) is 2.39. The highest BCUT2D eigenvalue weighted by atomic mass is 19.4. The lowest BCUT2D eigenvalue weighted by Crippen LogP contribution is -2.61. The normalized spacial score (nSPS) is 21.3. The number of hydrogen-bond acceptors (Lipinski definition) is 2. The second kappa shape index (κ2) is 5.09. The van der Waals surface area contributed by atoms with E-state index in [4.69, 9.17) is 4.84 Å². The number of anilines is 1. The van der Waals surface area contributed by atoms with Crippen LogP contribution in [0, 0.1) is 6.92 Å². The summed E-state index contributed by atoms with van der Waals surface area (Å²) >= 11 is 0. The zero-order valence-corrected chi connectivity index (χ0v) is 12.5. The summed E-state index contributed by atoms with van der Waals surface area (Å²) in [5, 5.41) is 0.718. The van der Waals surface area contributed by atoms with E-state index in [1.54, 1.807) is 19.1 Å². The summed E-state index contributed by atoms with van der Waals surface area (Å²) in [7, 11) is 0. The van der Waals surface area contributed by atoms with Crippen LogP contribution in [0.4, 0.5) is 18.9 Å². The van der Waals surface area contributed by atoms with Gasteiger partial charge in [0.25, 0.3) is 5.91 Å². The molecule has 120 valence electrons. The highest BCUT2D eigenvalue weighted by Crippen LogP contribution is 2.45. The Morgan fingerprint density at radius 2 is 1.65 bits per heavy atom. The third-order valence-corrected chi connectivity index (χ3v) is 3.95. The van der Waals surface area contributed by atoms with Crippen molar-refractivity contribution in [3.8, 4) is 0 Å². The van der Waals surface area contributed by atoms with E-state index in [2.05, 4.69) is 0 Å². The van der Waals surface area contributed by atoms with Crippen LogP contribution in [0.2, 0.25) is 0 Å². The van der Waals surface area contributed by atoms with Crippen LogP contribution in [0.3, 0.4) is 0 Å². The van der Waals surface area contributed by atoms with Gasteiger partial charge in [-0.3, -0.25) is 4.79 Å². The van der Waals surface area contributed by atoms with Gasteiger partial charge in [-0.05, 0) is 37.1 Å². The first-order valence-electron chi connectivity index (χ1n) is 7.01. The summed E-state index contributed by atoms with van der Waals surface area (Å²) in [6, 6.07) is 12.0. The van der Waals surface area contributed by atoms with Gasteiger partial charge in [0.1, 0.15) is 0 Å². The van der Waals surface area contributed by atoms with Crippen LogP contribution in [-0.2, 0) is 21.4 Å². The number of amides is 1. The van der Waals surface area contributed by atoms with E-state index < -0.39 is 23.2 Å². The summed E-state index contributed by atoms with van der Waals surface area (Å²) in [5.74, 6) is -0.525. The van der Waals surface area contributed by atoms with Crippen molar-refractivity contribution in [1.29, 1.82) is 0 Å². The van der Waals surface area contributed by atoms with Crippen LogP contribution in [0.1, 0.15) is 23.6 Å². The fourth-order valence-corrected chi connectivity index (χ4v) is 2.74. The van der Waals surface area contributed by atoms with Crippen molar-refractivity contribution in [3.05, 3.63) is 65.2 Å². The van der Waals surface area contributed by atoms with E-state index in [1.807, 2.05) is 19.1 Å². The molecule has 1 fully saturated rings. The standard InChI is InChI=1S/C17H14F3NO2/c1-11-7-3-4-8-12(11)16(2)15(22)21(23-16)14-10-6-5-9-13(14)17(18,19)20/h3-10H,1-2H3/t16-/m0/s1. The average molecular weight is 321 g/mol. The highest BCUT2D eigenvalue weighted by Gasteiger charge is 2.55. The van der Waals surface area contributed by atoms with Gasteiger partial charge in [0.2, 0.25) is 0 Å². The summed E-state index contributed by atoms with van der Waals surface area (Å²) in [4.78, 5) is 18.1. The molecule has 0 N–H and O–H groups in total. The Hall–Kier alpha value is -2.34. The number of benzene rings is 2. The maximum Gasteiger partial charge on any atom is 0.418 e. The largest absolute Gasteiger partial charge is 0.418 e. The second-order valence-corrected chi connectivity index (χ2v) is 5.55. The molecule has 1 amide bonds. The Morgan fingerprint density at radius 1 is 1.04 bits per heavy atom. The quantitative estimate of drug-likeness (QED) is 0.829. The minimum Gasteiger partial charge on any atom is -0.268 e. The first-order valence-corrected chi connectivity index (χ1v) is 7.01. The Bertz CT molecular complexity index is 772. The van der Waals surface area contributed by atoms with Crippen LogP contribution in [0.25, 0.3) is 0 Å². The zero-order chi connectivity index (χ0) is 16.8. The molecule has 1 atom stereocenters. The molecule has 23 heavy (non-hydrogen) atoms. The average Bonchev–Trinajstić information content (AvgIpc) is 2.51. The highest BCUT2D eigenvalue weighted by molar-refractivity contribution is 6.03. The molecule has 0 saturated carbocycles. The molecular weight excluding hydrogens is 307 g/mol. The summed E-state index contributed by atoms with van der Waals surface area (Å²) in [6.45, 7) is 3.38. The lowest BCUT2D eigenvalue weighted by Gasteiger charge is -2.46. The number of hydrogen-bond donors (Lipinski definition) is 0. The molecule has 0 spiro atoms. The molecular formula is C17H14F3NO2. The van der Waals surface area contributed by atoms with Crippen LogP contribution < -0.4 is 5.06 Å². The number of nitrogens with zero attached hydrogens (tertiary/aromatic N) is 1. The van der Waals surface area contributed by atoms with Gasteiger partial charge in [-0.2, -0.15) is 18.2 Å². The Balaban J connectivity index is 1.97. The smallest absolute Gasteiger partial charge is 0.268 e. The van der Waals surface area contributed by atoms with Gasteiger partial charge in [-0.15, -0.1) is 0 Å². The van der Waals surface area contributed by atoms with Crippen molar-refractivity contribution in [2.45, 2.75) is 25.6 Å². The van der Waals surface area contributed by atoms with Gasteiger partial charge < -0.3 is 0 Å². The van der Waals surface area contributed by atoms with E-state index in [9.17, 15) is 18.0 Å². The summed E-state index contributed by atoms with van der Waals surface area (Å²) in [5.41, 5.74) is -0.988. The molecule has 6 heteroatoms. The SMILES string of the molecule is Cc1ccccc1[C@]1(C)ON(c2ccccc2C(F)(F)F)C1=O. The first kappa shape index (κ1) is 15.6. The van der Waals surface area contributed by atoms with Gasteiger partial charge in [0.15, 0.2) is 5.60 Å². The van der Waals surface area contributed by atoms with Gasteiger partial charge in [-0.1, -0.05) is 36.4 Å². The molecule has 2 aromatic carbocycles. The maximum atomic E-state index is 13.1. The van der Waals surface area contributed by atoms with E-state index in [1.165, 1.54) is 18.2 Å². The number of para-hydroxylation sites is 1. The zero-order valence-electron chi connectivity index (χ0n) is 12.5. The second-order valence-electron chi connectivity index (χ2n) is 5.55. The molecule has 0 radical (unpaired) electrons. The number of carbonyl (C=O) groups is 1. The van der Waals surface area contributed by atoms with Gasteiger partial charge in [0, 0.05) is 0 Å². The molecule has 0 aliphatic carbocycles. The molecule has 0 unspecified atom stereocenters. The summed E-state index contributed by atoms with van der Waals surface area (Å²) < 4.78 is 39.2. The predicted molar refractivity (Wildman–Crippen MR) is 78.5 cm³/mol. The molecule has 3 nitrogen and oxygen atoms in total. The first-order chi connectivity index (χ1) is 10.7. The van der Waals surface area contributed by atoms with Crippen LogP contribution >= 0.6 is 0 Å². The van der Waals surface area contributed by atoms with Gasteiger partial charge >= 0.3 is 6.18 Å². The Morgan fingerprint density at radius 3 is 2.26 bits per heavy atom. The monoisotopic (exact) mass is 321 g/mol. The van der Waals surface area contributed by atoms with E-state index in [-0.39, 0.29) is 5.69 Å². The number of aryl methyl sites for hydroxylation is 1. The van der Waals surface area contributed by atoms with Gasteiger partial charge in [-0.25, -0.2) is 4.84 Å². The molecule has 1 aliphatic heterocycles. The van der Waals surface area contributed by atoms with Crippen molar-refractivity contribution in [1.82, 2.24) is 0 Å². The van der Waals surface area contributed by atoms with Crippen LogP contribution in [0.15, 0.2) is 48.5 Å². The molecule has 1 heterocycles. The van der Waals surface area contributed by atoms with Crippen LogP contribution in [-0.4, -0.2) is 5.91 Å². The number of carbonyl (C=O) groups excluding carboxylic acids is 1. The van der Waals surface area contributed by atoms with E-state index >= 15 is 0 Å². The number of hydroxylamine groups is 1. The lowest BCUT2D eigenvalue weighted by atomic mass is 9.88. The lowest BCUT2D eigenvalue weighted by molar-refractivity contribution is -0.187. The maximum absolute atomic E-state index is 13.1. The van der Waals surface area contributed by atoms with E-state index in [0.29, 0.717) is 5.56 Å². The Labute approximate surface area is 131 Å². The van der Waals surface area contributed by atoms with E-state index in [0.717, 1.165) is 16.7 Å². The fraction of sp³-hybridized carbons (Fsp3) is 0.235. The van der Waals surface area contributed by atoms with Crippen molar-refractivity contribution < 1.29 is 22.8 Å². The fourth-order valence-electron chi connectivity index (χ4n) is 2.74. The Kier molecular flexibility index (Phi) is 3.44. The van der Waals surface area contributed by atoms with Crippen molar-refractivity contribution in [2.75, 3.05) is 5.06 Å². The minimum absolute atomic E-state index is 0.295. The summed E-state index contributed by atoms with van der Waals surface area (Å²) in [6.07, 6.45) is -4.56. The molecule has 3 rings (SSSR count). The van der Waals surface area contributed by atoms with Crippen LogP contribution in [0.5, 0.6) is 0 Å². The number of rotatable bonds is 2. The molecule has 0 aromatic heterocycles. The van der Waals surface area contributed by atoms with Gasteiger partial charge in [0.05, 0.1) is 11.3 Å². The molecule has 0 bridgehead atoms. The predicted octanol–water partition coefficient (Wildman–Crippen LogP) is 4.21. The molecule has 1 aliphatic rings. The molecule has 1 saturated heterocycles. The third-order valence-electron chi connectivity index (χ3n) is 3.95. The van der Waals surface area contributed by atoms with Crippen molar-refractivity contribution in [3.63, 3.8) is 0 Å². The number of alkyl halides is 3. The molecule has 2 aromatic rings. The number of halogens is 3. The minimum atomic E-state index is -4.56. The van der Waals surface area contributed by atoms with Crippen molar-refractivity contribution in [2.24, 2.45) is 0 Å². The van der Waals surface area contributed by atoms with Crippen molar-refractivity contribution >= 4 is 11.6 Å². The topological polar surface area (TPSA) is 29.5 Å².